The molecular formula is C15H23NO2. The van der Waals surface area contributed by atoms with Gasteiger partial charge in [-0.25, -0.2) is 0 Å². The smallest absolute Gasteiger partial charge is 0.161 e. The molecule has 3 nitrogen and oxygen atoms in total. The topological polar surface area (TPSA) is 30.5 Å². The molecule has 0 saturated heterocycles. The van der Waals surface area contributed by atoms with E-state index < -0.39 is 0 Å². The van der Waals surface area contributed by atoms with Gasteiger partial charge in [-0.1, -0.05) is 25.1 Å². The highest BCUT2D eigenvalue weighted by atomic mass is 16.5. The van der Waals surface area contributed by atoms with Crippen molar-refractivity contribution >= 4 is 6.08 Å². The van der Waals surface area contributed by atoms with Gasteiger partial charge in [-0.15, -0.1) is 0 Å². The van der Waals surface area contributed by atoms with Gasteiger partial charge >= 0.3 is 0 Å². The summed E-state index contributed by atoms with van der Waals surface area (Å²) >= 11 is 0. The first-order valence-electron chi connectivity index (χ1n) is 6.49. The zero-order chi connectivity index (χ0) is 13.2. The molecule has 0 atom stereocenters. The van der Waals surface area contributed by atoms with Gasteiger partial charge in [0.1, 0.15) is 0 Å². The van der Waals surface area contributed by atoms with Crippen LogP contribution in [0.15, 0.2) is 24.3 Å². The molecule has 3 heteroatoms. The van der Waals surface area contributed by atoms with E-state index in [-0.39, 0.29) is 0 Å². The van der Waals surface area contributed by atoms with Gasteiger partial charge in [-0.2, -0.15) is 0 Å². The van der Waals surface area contributed by atoms with Crippen molar-refractivity contribution in [3.63, 3.8) is 0 Å². The van der Waals surface area contributed by atoms with Crippen LogP contribution in [-0.4, -0.2) is 26.8 Å². The van der Waals surface area contributed by atoms with Gasteiger partial charge in [-0.05, 0) is 37.6 Å². The number of hydrogen-bond donors (Lipinski definition) is 1. The highest BCUT2D eigenvalue weighted by Gasteiger charge is 2.03. The van der Waals surface area contributed by atoms with Crippen LogP contribution < -0.4 is 14.8 Å². The van der Waals surface area contributed by atoms with E-state index in [9.17, 15) is 0 Å². The molecule has 0 aromatic heterocycles. The minimum absolute atomic E-state index is 0.645. The lowest BCUT2D eigenvalue weighted by Crippen LogP contribution is -2.13. The Balaban J connectivity index is 2.61. The third-order valence-corrected chi connectivity index (χ3v) is 2.49. The fourth-order valence-electron chi connectivity index (χ4n) is 1.62. The van der Waals surface area contributed by atoms with Gasteiger partial charge in [-0.3, -0.25) is 0 Å². The Bertz CT molecular complexity index is 375. The third-order valence-electron chi connectivity index (χ3n) is 2.49. The fraction of sp³-hybridized carbons (Fsp3) is 0.467. The Kier molecular flexibility index (Phi) is 6.96. The second-order valence-corrected chi connectivity index (χ2v) is 3.95. The molecule has 0 bridgehead atoms. The maximum Gasteiger partial charge on any atom is 0.161 e. The molecule has 1 aromatic carbocycles. The molecular weight excluding hydrogens is 226 g/mol. The Morgan fingerprint density at radius 2 is 2.06 bits per heavy atom. The first-order valence-corrected chi connectivity index (χ1v) is 6.49. The minimum atomic E-state index is 0.645. The van der Waals surface area contributed by atoms with Crippen LogP contribution in [0.1, 0.15) is 25.8 Å². The van der Waals surface area contributed by atoms with Crippen molar-refractivity contribution in [1.29, 1.82) is 0 Å². The summed E-state index contributed by atoms with van der Waals surface area (Å²) in [4.78, 5) is 0. The molecule has 0 aliphatic rings. The predicted octanol–water partition coefficient (Wildman–Crippen LogP) is 3.11. The maximum atomic E-state index is 5.48. The molecule has 1 aromatic rings. The summed E-state index contributed by atoms with van der Waals surface area (Å²) in [5.74, 6) is 1.57. The molecule has 0 fully saturated rings. The van der Waals surface area contributed by atoms with E-state index in [4.69, 9.17) is 9.47 Å². The van der Waals surface area contributed by atoms with Crippen LogP contribution in [0.2, 0.25) is 0 Å². The molecule has 1 N–H and O–H groups in total. The summed E-state index contributed by atoms with van der Waals surface area (Å²) in [5, 5.41) is 3.32. The Morgan fingerprint density at radius 1 is 1.22 bits per heavy atom. The number of rotatable bonds is 8. The predicted molar refractivity (Wildman–Crippen MR) is 76.4 cm³/mol. The van der Waals surface area contributed by atoms with E-state index in [0.29, 0.717) is 6.61 Å². The molecule has 1 rings (SSSR count). The van der Waals surface area contributed by atoms with E-state index in [1.807, 2.05) is 25.1 Å². The molecule has 18 heavy (non-hydrogen) atoms. The van der Waals surface area contributed by atoms with Crippen LogP contribution in [0.5, 0.6) is 11.5 Å². The van der Waals surface area contributed by atoms with Crippen molar-refractivity contribution < 1.29 is 9.47 Å². The maximum absolute atomic E-state index is 5.48. The van der Waals surface area contributed by atoms with Gasteiger partial charge in [0.05, 0.1) is 13.7 Å². The molecule has 0 radical (unpaired) electrons. The fourth-order valence-corrected chi connectivity index (χ4v) is 1.62. The number of benzene rings is 1. The van der Waals surface area contributed by atoms with Gasteiger partial charge < -0.3 is 14.8 Å². The van der Waals surface area contributed by atoms with E-state index >= 15 is 0 Å². The van der Waals surface area contributed by atoms with Gasteiger partial charge in [0, 0.05) is 6.54 Å². The van der Waals surface area contributed by atoms with Crippen LogP contribution in [0.25, 0.3) is 6.08 Å². The summed E-state index contributed by atoms with van der Waals surface area (Å²) in [5.41, 5.74) is 1.12. The van der Waals surface area contributed by atoms with E-state index in [0.717, 1.165) is 36.6 Å². The van der Waals surface area contributed by atoms with Crippen molar-refractivity contribution in [2.24, 2.45) is 0 Å². The van der Waals surface area contributed by atoms with Gasteiger partial charge in [0.15, 0.2) is 11.5 Å². The largest absolute Gasteiger partial charge is 0.493 e. The molecule has 0 aliphatic carbocycles. The van der Waals surface area contributed by atoms with Gasteiger partial charge in [0.2, 0.25) is 0 Å². The molecule has 0 amide bonds. The zero-order valence-electron chi connectivity index (χ0n) is 11.5. The Morgan fingerprint density at radius 3 is 2.72 bits per heavy atom. The number of ether oxygens (including phenoxy) is 2. The highest BCUT2D eigenvalue weighted by Crippen LogP contribution is 2.28. The molecule has 0 heterocycles. The van der Waals surface area contributed by atoms with Crippen LogP contribution in [0.4, 0.5) is 0 Å². The van der Waals surface area contributed by atoms with Crippen molar-refractivity contribution in [3.8, 4) is 11.5 Å². The number of methoxy groups -OCH3 is 1. The second-order valence-electron chi connectivity index (χ2n) is 3.95. The lowest BCUT2D eigenvalue weighted by molar-refractivity contribution is 0.311. The lowest BCUT2D eigenvalue weighted by Gasteiger charge is -2.09. The summed E-state index contributed by atoms with van der Waals surface area (Å²) in [7, 11) is 1.66. The Labute approximate surface area is 110 Å². The molecule has 0 saturated carbocycles. The standard InChI is InChI=1S/C15H23NO2/c1-4-10-16-11-6-7-13-8-9-14(18-5-2)15(12-13)17-3/h6-9,12,16H,4-5,10-11H2,1-3H3. The highest BCUT2D eigenvalue weighted by molar-refractivity contribution is 5.56. The van der Waals surface area contributed by atoms with E-state index in [1.54, 1.807) is 7.11 Å². The van der Waals surface area contributed by atoms with E-state index in [2.05, 4.69) is 24.4 Å². The third kappa shape index (κ3) is 4.80. The number of hydrogen-bond acceptors (Lipinski definition) is 3. The SMILES string of the molecule is CCCNCC=Cc1ccc(OCC)c(OC)c1. The normalized spacial score (nSPS) is 10.8. The summed E-state index contributed by atoms with van der Waals surface area (Å²) in [6.07, 6.45) is 5.36. The first kappa shape index (κ1) is 14.6. The molecule has 0 spiro atoms. The van der Waals surface area contributed by atoms with Crippen molar-refractivity contribution in [1.82, 2.24) is 5.32 Å². The summed E-state index contributed by atoms with van der Waals surface area (Å²) < 4.78 is 10.8. The van der Waals surface area contributed by atoms with Crippen molar-refractivity contribution in [2.75, 3.05) is 26.8 Å². The molecule has 0 aliphatic heterocycles. The first-order chi connectivity index (χ1) is 8.81. The van der Waals surface area contributed by atoms with E-state index in [1.165, 1.54) is 0 Å². The number of nitrogens with one attached hydrogen (secondary N) is 1. The minimum Gasteiger partial charge on any atom is -0.493 e. The van der Waals surface area contributed by atoms with Crippen LogP contribution in [0.3, 0.4) is 0 Å². The van der Waals surface area contributed by atoms with Crippen molar-refractivity contribution in [2.45, 2.75) is 20.3 Å². The second kappa shape index (κ2) is 8.59. The van der Waals surface area contributed by atoms with Gasteiger partial charge in [0.25, 0.3) is 0 Å². The van der Waals surface area contributed by atoms with Crippen LogP contribution in [-0.2, 0) is 0 Å². The average Bonchev–Trinajstić information content (AvgIpc) is 2.40. The van der Waals surface area contributed by atoms with Crippen molar-refractivity contribution in [3.05, 3.63) is 29.8 Å². The average molecular weight is 249 g/mol. The zero-order valence-corrected chi connectivity index (χ0v) is 11.5. The molecule has 100 valence electrons. The molecule has 0 unspecified atom stereocenters. The van der Waals surface area contributed by atoms with Crippen LogP contribution >= 0.6 is 0 Å². The quantitative estimate of drug-likeness (QED) is 0.718. The monoisotopic (exact) mass is 249 g/mol. The van der Waals surface area contributed by atoms with Crippen LogP contribution in [0, 0.1) is 0 Å². The summed E-state index contributed by atoms with van der Waals surface area (Å²) in [6, 6.07) is 5.96. The lowest BCUT2D eigenvalue weighted by atomic mass is 10.2. The Hall–Kier alpha value is -1.48. The summed E-state index contributed by atoms with van der Waals surface area (Å²) in [6.45, 7) is 6.72.